The van der Waals surface area contributed by atoms with Gasteiger partial charge in [0.2, 0.25) is 0 Å². The Labute approximate surface area is 121 Å². The molecule has 0 unspecified atom stereocenters. The molecule has 0 aliphatic carbocycles. The summed E-state index contributed by atoms with van der Waals surface area (Å²) in [6.07, 6.45) is -0.233. The number of rotatable bonds is 4. The van der Waals surface area contributed by atoms with Gasteiger partial charge in [0.25, 0.3) is 0 Å². The fourth-order valence-corrected chi connectivity index (χ4v) is 1.61. The molecule has 0 amide bonds. The van der Waals surface area contributed by atoms with Crippen molar-refractivity contribution in [1.82, 2.24) is 0 Å². The van der Waals surface area contributed by atoms with Crippen molar-refractivity contribution < 1.29 is 52.1 Å². The molecule has 0 saturated carbocycles. The summed E-state index contributed by atoms with van der Waals surface area (Å²) in [6, 6.07) is 4.54. The van der Waals surface area contributed by atoms with Gasteiger partial charge in [-0.15, -0.1) is 0 Å². The number of ketones is 2. The molecule has 1 aromatic rings. The summed E-state index contributed by atoms with van der Waals surface area (Å²) in [5, 5.41) is 0. The van der Waals surface area contributed by atoms with Crippen LogP contribution in [-0.4, -0.2) is 24.5 Å². The zero-order valence-corrected chi connectivity index (χ0v) is 12.3. The van der Waals surface area contributed by atoms with Crippen molar-refractivity contribution in [3.05, 3.63) is 29.8 Å². The van der Waals surface area contributed by atoms with Crippen molar-refractivity contribution in [3.63, 3.8) is 0 Å². The first-order valence-electron chi connectivity index (χ1n) is 4.39. The standard InChI is InChI=1S/C10H10O5S.Na/c1-7(11)6-10(12)8-2-4-9(5-3-8)16(13,14)15;/h2-5H,6H2,1H3,(H,13,14,15);/q;+1/p-1. The fraction of sp³-hybridized carbons (Fsp3) is 0.200. The maximum Gasteiger partial charge on any atom is 1.00 e. The van der Waals surface area contributed by atoms with Gasteiger partial charge in [-0.1, -0.05) is 12.1 Å². The van der Waals surface area contributed by atoms with E-state index in [0.717, 1.165) is 12.1 Å². The topological polar surface area (TPSA) is 91.3 Å². The second kappa shape index (κ2) is 6.42. The van der Waals surface area contributed by atoms with Crippen LogP contribution in [0.4, 0.5) is 0 Å². The van der Waals surface area contributed by atoms with Gasteiger partial charge in [-0.2, -0.15) is 0 Å². The molecular formula is C10H9NaO5S. The van der Waals surface area contributed by atoms with Crippen molar-refractivity contribution in [1.29, 1.82) is 0 Å². The van der Waals surface area contributed by atoms with Crippen LogP contribution >= 0.6 is 0 Å². The zero-order chi connectivity index (χ0) is 12.3. The van der Waals surface area contributed by atoms with Gasteiger partial charge in [0, 0.05) is 5.56 Å². The van der Waals surface area contributed by atoms with E-state index in [1.165, 1.54) is 19.1 Å². The van der Waals surface area contributed by atoms with E-state index in [4.69, 9.17) is 0 Å². The van der Waals surface area contributed by atoms with Crippen molar-refractivity contribution in [3.8, 4) is 0 Å². The number of hydrogen-bond acceptors (Lipinski definition) is 5. The Morgan fingerprint density at radius 3 is 2.00 bits per heavy atom. The number of Topliss-reactive ketones (excluding diaryl/α,β-unsaturated/α-hetero) is 2. The largest absolute Gasteiger partial charge is 1.00 e. The molecular weight excluding hydrogens is 255 g/mol. The third-order valence-electron chi connectivity index (χ3n) is 1.87. The minimum atomic E-state index is -4.50. The molecule has 0 saturated heterocycles. The Morgan fingerprint density at radius 2 is 1.65 bits per heavy atom. The minimum absolute atomic E-state index is 0. The van der Waals surface area contributed by atoms with E-state index in [2.05, 4.69) is 0 Å². The Bertz CT molecular complexity index is 518. The fourth-order valence-electron chi connectivity index (χ4n) is 1.14. The van der Waals surface area contributed by atoms with Gasteiger partial charge in [-0.05, 0) is 19.1 Å². The monoisotopic (exact) mass is 264 g/mol. The summed E-state index contributed by atoms with van der Waals surface area (Å²) in [4.78, 5) is 21.7. The van der Waals surface area contributed by atoms with Crippen LogP contribution in [0, 0.1) is 0 Å². The van der Waals surface area contributed by atoms with Gasteiger partial charge in [0.05, 0.1) is 11.3 Å². The predicted octanol–water partition coefficient (Wildman–Crippen LogP) is -2.24. The molecule has 0 aliphatic rings. The van der Waals surface area contributed by atoms with Crippen LogP contribution in [0.5, 0.6) is 0 Å². The molecule has 86 valence electrons. The minimum Gasteiger partial charge on any atom is -0.744 e. The number of carbonyl (C=O) groups is 2. The van der Waals surface area contributed by atoms with E-state index in [0.29, 0.717) is 0 Å². The maximum absolute atomic E-state index is 11.4. The van der Waals surface area contributed by atoms with E-state index in [9.17, 15) is 22.6 Å². The Morgan fingerprint density at radius 1 is 1.18 bits per heavy atom. The van der Waals surface area contributed by atoms with Crippen LogP contribution in [0.15, 0.2) is 29.2 Å². The Hall–Kier alpha value is -0.530. The smallest absolute Gasteiger partial charge is 0.744 e. The van der Waals surface area contributed by atoms with Gasteiger partial charge in [0.15, 0.2) is 5.78 Å². The molecule has 0 aromatic heterocycles. The molecule has 0 radical (unpaired) electrons. The third-order valence-corrected chi connectivity index (χ3v) is 2.72. The summed E-state index contributed by atoms with van der Waals surface area (Å²) >= 11 is 0. The van der Waals surface area contributed by atoms with Crippen LogP contribution in [-0.2, 0) is 14.9 Å². The summed E-state index contributed by atoms with van der Waals surface area (Å²) in [5.41, 5.74) is 0.211. The molecule has 0 N–H and O–H groups in total. The van der Waals surface area contributed by atoms with Crippen molar-refractivity contribution in [2.45, 2.75) is 18.2 Å². The maximum atomic E-state index is 11.4. The first-order chi connectivity index (χ1) is 7.30. The van der Waals surface area contributed by atoms with Crippen molar-refractivity contribution in [2.75, 3.05) is 0 Å². The van der Waals surface area contributed by atoms with E-state index in [-0.39, 0.29) is 47.3 Å². The summed E-state index contributed by atoms with van der Waals surface area (Å²) in [6.45, 7) is 1.29. The van der Waals surface area contributed by atoms with Gasteiger partial charge in [0.1, 0.15) is 15.9 Å². The average molecular weight is 264 g/mol. The normalized spacial score (nSPS) is 10.5. The molecule has 0 fully saturated rings. The first-order valence-corrected chi connectivity index (χ1v) is 5.80. The SMILES string of the molecule is CC(=O)CC(=O)c1ccc(S(=O)(=O)[O-])cc1.[Na+]. The average Bonchev–Trinajstić information content (AvgIpc) is 2.15. The van der Waals surface area contributed by atoms with Gasteiger partial charge < -0.3 is 4.55 Å². The summed E-state index contributed by atoms with van der Waals surface area (Å²) in [5.74, 6) is -0.673. The molecule has 17 heavy (non-hydrogen) atoms. The van der Waals surface area contributed by atoms with Crippen LogP contribution < -0.4 is 29.6 Å². The molecule has 0 atom stereocenters. The number of hydrogen-bond donors (Lipinski definition) is 0. The van der Waals surface area contributed by atoms with E-state index in [1.54, 1.807) is 0 Å². The van der Waals surface area contributed by atoms with Crippen LogP contribution in [0.1, 0.15) is 23.7 Å². The molecule has 1 aromatic carbocycles. The van der Waals surface area contributed by atoms with Crippen LogP contribution in [0.25, 0.3) is 0 Å². The molecule has 7 heteroatoms. The number of benzene rings is 1. The Kier molecular flexibility index (Phi) is 6.22. The Balaban J connectivity index is 0.00000256. The molecule has 0 bridgehead atoms. The van der Waals surface area contributed by atoms with Crippen LogP contribution in [0.2, 0.25) is 0 Å². The first kappa shape index (κ1) is 16.5. The van der Waals surface area contributed by atoms with E-state index < -0.39 is 20.8 Å². The zero-order valence-electron chi connectivity index (χ0n) is 9.47. The summed E-state index contributed by atoms with van der Waals surface area (Å²) < 4.78 is 31.8. The van der Waals surface area contributed by atoms with Gasteiger partial charge in [-0.25, -0.2) is 8.42 Å². The number of carbonyl (C=O) groups excluding carboxylic acids is 2. The van der Waals surface area contributed by atoms with Gasteiger partial charge in [-0.3, -0.25) is 9.59 Å². The van der Waals surface area contributed by atoms with Crippen LogP contribution in [0.3, 0.4) is 0 Å². The second-order valence-electron chi connectivity index (χ2n) is 3.28. The molecule has 0 heterocycles. The molecule has 0 spiro atoms. The molecule has 5 nitrogen and oxygen atoms in total. The van der Waals surface area contributed by atoms with E-state index >= 15 is 0 Å². The molecule has 1 rings (SSSR count). The van der Waals surface area contributed by atoms with Gasteiger partial charge >= 0.3 is 29.6 Å². The second-order valence-corrected chi connectivity index (χ2v) is 4.66. The quantitative estimate of drug-likeness (QED) is 0.265. The van der Waals surface area contributed by atoms with E-state index in [1.807, 2.05) is 0 Å². The van der Waals surface area contributed by atoms with Crippen molar-refractivity contribution >= 4 is 21.7 Å². The third kappa shape index (κ3) is 5.10. The van der Waals surface area contributed by atoms with Crippen molar-refractivity contribution in [2.24, 2.45) is 0 Å². The summed E-state index contributed by atoms with van der Waals surface area (Å²) in [7, 11) is -4.50. The predicted molar refractivity (Wildman–Crippen MR) is 54.0 cm³/mol. The molecule has 0 aliphatic heterocycles.